The lowest BCUT2D eigenvalue weighted by molar-refractivity contribution is 0.427. The van der Waals surface area contributed by atoms with E-state index in [4.69, 9.17) is 0 Å². The molecule has 1 aliphatic rings. The SMILES string of the molecule is CCC(NC1CCCC1S(C)(=O)=O)c1ccccc1. The molecule has 1 aromatic rings. The van der Waals surface area contributed by atoms with E-state index < -0.39 is 9.84 Å². The predicted octanol–water partition coefficient (Wildman–Crippen LogP) is 2.69. The summed E-state index contributed by atoms with van der Waals surface area (Å²) in [7, 11) is -2.95. The minimum absolute atomic E-state index is 0.0974. The largest absolute Gasteiger partial charge is 0.306 e. The zero-order chi connectivity index (χ0) is 13.9. The van der Waals surface area contributed by atoms with Crippen molar-refractivity contribution in [3.8, 4) is 0 Å². The fraction of sp³-hybridized carbons (Fsp3) is 0.600. The third-order valence-electron chi connectivity index (χ3n) is 4.03. The highest BCUT2D eigenvalue weighted by Gasteiger charge is 2.35. The number of hydrogen-bond donors (Lipinski definition) is 1. The minimum atomic E-state index is -2.95. The molecule has 0 aliphatic heterocycles. The summed E-state index contributed by atoms with van der Waals surface area (Å²) in [4.78, 5) is 0. The van der Waals surface area contributed by atoms with Crippen molar-refractivity contribution < 1.29 is 8.42 Å². The smallest absolute Gasteiger partial charge is 0.151 e. The van der Waals surface area contributed by atoms with Gasteiger partial charge in [0.05, 0.1) is 5.25 Å². The molecule has 1 N–H and O–H groups in total. The van der Waals surface area contributed by atoms with Gasteiger partial charge in [-0.25, -0.2) is 8.42 Å². The summed E-state index contributed by atoms with van der Waals surface area (Å²) in [6.07, 6.45) is 5.08. The first kappa shape index (κ1) is 14.5. The first-order valence-electron chi connectivity index (χ1n) is 7.02. The van der Waals surface area contributed by atoms with Crippen LogP contribution in [0.15, 0.2) is 30.3 Å². The van der Waals surface area contributed by atoms with Crippen molar-refractivity contribution in [1.29, 1.82) is 0 Å². The van der Waals surface area contributed by atoms with Gasteiger partial charge >= 0.3 is 0 Å². The van der Waals surface area contributed by atoms with Crippen molar-refractivity contribution in [3.63, 3.8) is 0 Å². The van der Waals surface area contributed by atoms with E-state index in [1.165, 1.54) is 11.8 Å². The predicted molar refractivity (Wildman–Crippen MR) is 78.9 cm³/mol. The molecule has 2 rings (SSSR count). The standard InChI is InChI=1S/C15H23NO2S/c1-3-13(12-8-5-4-6-9-12)16-14-10-7-11-15(14)19(2,17)18/h4-6,8-9,13-16H,3,7,10-11H2,1-2H3. The lowest BCUT2D eigenvalue weighted by Gasteiger charge is -2.26. The Morgan fingerprint density at radius 1 is 1.26 bits per heavy atom. The number of hydrogen-bond acceptors (Lipinski definition) is 3. The van der Waals surface area contributed by atoms with E-state index in [1.54, 1.807) is 0 Å². The van der Waals surface area contributed by atoms with Gasteiger partial charge in [0.25, 0.3) is 0 Å². The van der Waals surface area contributed by atoms with Crippen LogP contribution in [0.2, 0.25) is 0 Å². The van der Waals surface area contributed by atoms with Gasteiger partial charge in [-0.2, -0.15) is 0 Å². The van der Waals surface area contributed by atoms with E-state index in [1.807, 2.05) is 18.2 Å². The summed E-state index contributed by atoms with van der Waals surface area (Å²) < 4.78 is 23.6. The maximum absolute atomic E-state index is 11.8. The van der Waals surface area contributed by atoms with Gasteiger partial charge < -0.3 is 5.32 Å². The Morgan fingerprint density at radius 2 is 1.95 bits per heavy atom. The topological polar surface area (TPSA) is 46.2 Å². The van der Waals surface area contributed by atoms with Crippen LogP contribution in [0.3, 0.4) is 0 Å². The van der Waals surface area contributed by atoms with Gasteiger partial charge in [0.1, 0.15) is 0 Å². The van der Waals surface area contributed by atoms with Gasteiger partial charge in [-0.05, 0) is 24.8 Å². The Kier molecular flexibility index (Phi) is 4.63. The van der Waals surface area contributed by atoms with Crippen molar-refractivity contribution in [2.45, 2.75) is 49.9 Å². The van der Waals surface area contributed by atoms with E-state index in [0.717, 1.165) is 25.7 Å². The van der Waals surface area contributed by atoms with Gasteiger partial charge in [0, 0.05) is 18.3 Å². The van der Waals surface area contributed by atoms with Gasteiger partial charge in [-0.3, -0.25) is 0 Å². The molecule has 4 heteroatoms. The Balaban J connectivity index is 2.11. The molecule has 0 heterocycles. The average Bonchev–Trinajstić information content (AvgIpc) is 2.85. The lowest BCUT2D eigenvalue weighted by atomic mass is 10.0. The molecule has 3 unspecified atom stereocenters. The number of benzene rings is 1. The number of rotatable bonds is 5. The van der Waals surface area contributed by atoms with E-state index in [2.05, 4.69) is 24.4 Å². The van der Waals surface area contributed by atoms with Crippen molar-refractivity contribution in [2.24, 2.45) is 0 Å². The summed E-state index contributed by atoms with van der Waals surface area (Å²) >= 11 is 0. The van der Waals surface area contributed by atoms with Crippen LogP contribution >= 0.6 is 0 Å². The molecule has 3 nitrogen and oxygen atoms in total. The van der Waals surface area contributed by atoms with Gasteiger partial charge in [0.2, 0.25) is 0 Å². The molecule has 0 bridgehead atoms. The van der Waals surface area contributed by atoms with Crippen molar-refractivity contribution in [3.05, 3.63) is 35.9 Å². The molecule has 1 aromatic carbocycles. The molecule has 1 saturated carbocycles. The van der Waals surface area contributed by atoms with Crippen LogP contribution in [0.1, 0.15) is 44.2 Å². The van der Waals surface area contributed by atoms with E-state index >= 15 is 0 Å². The van der Waals surface area contributed by atoms with Crippen molar-refractivity contribution >= 4 is 9.84 Å². The molecule has 3 atom stereocenters. The van der Waals surface area contributed by atoms with Crippen LogP contribution in [0.4, 0.5) is 0 Å². The van der Waals surface area contributed by atoms with Crippen molar-refractivity contribution in [1.82, 2.24) is 5.32 Å². The van der Waals surface area contributed by atoms with Crippen LogP contribution in [0.5, 0.6) is 0 Å². The maximum atomic E-state index is 11.8. The molecule has 0 amide bonds. The van der Waals surface area contributed by atoms with E-state index in [0.29, 0.717) is 0 Å². The van der Waals surface area contributed by atoms with Gasteiger partial charge in [0.15, 0.2) is 9.84 Å². The van der Waals surface area contributed by atoms with Gasteiger partial charge in [-0.1, -0.05) is 43.7 Å². The monoisotopic (exact) mass is 281 g/mol. The van der Waals surface area contributed by atoms with Crippen LogP contribution in [0, 0.1) is 0 Å². The average molecular weight is 281 g/mol. The number of nitrogens with one attached hydrogen (secondary N) is 1. The van der Waals surface area contributed by atoms with Gasteiger partial charge in [-0.15, -0.1) is 0 Å². The highest BCUT2D eigenvalue weighted by Crippen LogP contribution is 2.28. The zero-order valence-corrected chi connectivity index (χ0v) is 12.5. The summed E-state index contributed by atoms with van der Waals surface area (Å²) in [5.41, 5.74) is 1.24. The fourth-order valence-corrected chi connectivity index (χ4v) is 4.43. The third-order valence-corrected chi connectivity index (χ3v) is 5.69. The second-order valence-corrected chi connectivity index (χ2v) is 7.71. The molecule has 0 radical (unpaired) electrons. The van der Waals surface area contributed by atoms with Crippen LogP contribution in [-0.2, 0) is 9.84 Å². The number of sulfone groups is 1. The van der Waals surface area contributed by atoms with Crippen LogP contribution in [-0.4, -0.2) is 26.0 Å². The molecule has 19 heavy (non-hydrogen) atoms. The Bertz CT molecular complexity index is 498. The fourth-order valence-electron chi connectivity index (χ4n) is 3.02. The molecular formula is C15H23NO2S. The molecule has 1 fully saturated rings. The summed E-state index contributed by atoms with van der Waals surface area (Å²) in [5, 5.41) is 3.34. The first-order valence-corrected chi connectivity index (χ1v) is 8.97. The van der Waals surface area contributed by atoms with E-state index in [9.17, 15) is 8.42 Å². The van der Waals surface area contributed by atoms with Crippen molar-refractivity contribution in [2.75, 3.05) is 6.26 Å². The Morgan fingerprint density at radius 3 is 2.53 bits per heavy atom. The summed E-state index contributed by atoms with van der Waals surface area (Å²) in [5.74, 6) is 0. The zero-order valence-electron chi connectivity index (χ0n) is 11.7. The summed E-state index contributed by atoms with van der Waals surface area (Å²) in [6, 6.07) is 10.6. The molecule has 0 spiro atoms. The maximum Gasteiger partial charge on any atom is 0.151 e. The second-order valence-electron chi connectivity index (χ2n) is 5.44. The highest BCUT2D eigenvalue weighted by atomic mass is 32.2. The Hall–Kier alpha value is -0.870. The molecule has 0 saturated heterocycles. The lowest BCUT2D eigenvalue weighted by Crippen LogP contribution is -2.41. The minimum Gasteiger partial charge on any atom is -0.306 e. The van der Waals surface area contributed by atoms with Crippen LogP contribution in [0.25, 0.3) is 0 Å². The molecule has 1 aliphatic carbocycles. The summed E-state index contributed by atoms with van der Waals surface area (Å²) in [6.45, 7) is 2.13. The Labute approximate surface area is 116 Å². The normalized spacial score (nSPS) is 25.4. The molecular weight excluding hydrogens is 258 g/mol. The molecule has 0 aromatic heterocycles. The van der Waals surface area contributed by atoms with E-state index in [-0.39, 0.29) is 17.3 Å². The highest BCUT2D eigenvalue weighted by molar-refractivity contribution is 7.91. The third kappa shape index (κ3) is 3.57. The second kappa shape index (κ2) is 6.06. The quantitative estimate of drug-likeness (QED) is 0.902. The molecule has 106 valence electrons. The first-order chi connectivity index (χ1) is 9.02. The van der Waals surface area contributed by atoms with Crippen LogP contribution < -0.4 is 5.32 Å².